The van der Waals surface area contributed by atoms with Crippen LogP contribution in [0.4, 0.5) is 0 Å². The van der Waals surface area contributed by atoms with Gasteiger partial charge in [0.2, 0.25) is 0 Å². The zero-order valence-electron chi connectivity index (χ0n) is 11.7. The molecule has 0 aliphatic carbocycles. The molecule has 1 saturated heterocycles. The number of halogens is 1. The van der Waals surface area contributed by atoms with Gasteiger partial charge in [-0.1, -0.05) is 35.1 Å². The summed E-state index contributed by atoms with van der Waals surface area (Å²) in [7, 11) is 0. The predicted octanol–water partition coefficient (Wildman–Crippen LogP) is 2.55. The van der Waals surface area contributed by atoms with Gasteiger partial charge in [-0.15, -0.1) is 0 Å². The summed E-state index contributed by atoms with van der Waals surface area (Å²) in [6, 6.07) is 7.61. The van der Waals surface area contributed by atoms with Crippen molar-refractivity contribution in [1.82, 2.24) is 15.2 Å². The molecule has 0 bridgehead atoms. The van der Waals surface area contributed by atoms with Crippen LogP contribution in [-0.2, 0) is 6.54 Å². The maximum Gasteiger partial charge on any atom is 0.305 e. The topological polar surface area (TPSA) is 48.1 Å². The van der Waals surface area contributed by atoms with Crippen LogP contribution in [0.1, 0.15) is 11.3 Å². The molecule has 0 atom stereocenters. The van der Waals surface area contributed by atoms with E-state index in [1.54, 1.807) is 0 Å². The molecule has 2 N–H and O–H groups in total. The Labute approximate surface area is 132 Å². The van der Waals surface area contributed by atoms with Crippen LogP contribution in [-0.4, -0.2) is 36.1 Å². The molecule has 0 radical (unpaired) electrons. The second kappa shape index (κ2) is 6.75. The van der Waals surface area contributed by atoms with Crippen molar-refractivity contribution in [3.05, 3.63) is 43.8 Å². The second-order valence-corrected chi connectivity index (χ2v) is 6.70. The van der Waals surface area contributed by atoms with Crippen LogP contribution in [0.3, 0.4) is 0 Å². The fraction of sp³-hybridized carbons (Fsp3) is 0.400. The highest BCUT2D eigenvalue weighted by Gasteiger charge is 2.15. The summed E-state index contributed by atoms with van der Waals surface area (Å²) in [4.78, 5) is 18.2. The molecule has 6 heteroatoms. The normalized spacial score (nSPS) is 16.8. The number of nitrogens with zero attached hydrogens (tertiary/aromatic N) is 1. The van der Waals surface area contributed by atoms with Crippen molar-refractivity contribution in [3.63, 3.8) is 0 Å². The summed E-state index contributed by atoms with van der Waals surface area (Å²) in [5.41, 5.74) is 1.94. The zero-order chi connectivity index (χ0) is 14.7. The third kappa shape index (κ3) is 3.74. The van der Waals surface area contributed by atoms with Crippen molar-refractivity contribution in [2.24, 2.45) is 0 Å². The smallest absolute Gasteiger partial charge is 0.305 e. The van der Waals surface area contributed by atoms with E-state index in [2.05, 4.69) is 15.2 Å². The molecule has 1 aromatic carbocycles. The van der Waals surface area contributed by atoms with Crippen LogP contribution in [0, 0.1) is 0 Å². The lowest BCUT2D eigenvalue weighted by Gasteiger charge is -2.19. The zero-order valence-corrected chi connectivity index (χ0v) is 13.3. The highest BCUT2D eigenvalue weighted by Crippen LogP contribution is 2.26. The van der Waals surface area contributed by atoms with Crippen LogP contribution in [0.5, 0.6) is 0 Å². The molecule has 1 aliphatic heterocycles. The highest BCUT2D eigenvalue weighted by atomic mass is 35.5. The maximum atomic E-state index is 11.8. The van der Waals surface area contributed by atoms with Crippen LogP contribution in [0.15, 0.2) is 29.1 Å². The average Bonchev–Trinajstić information content (AvgIpc) is 2.68. The molecule has 112 valence electrons. The minimum Gasteiger partial charge on any atom is -0.315 e. The molecule has 1 aliphatic rings. The minimum atomic E-state index is 0.00268. The number of aromatic amines is 1. The van der Waals surface area contributed by atoms with Gasteiger partial charge in [-0.2, -0.15) is 0 Å². The summed E-state index contributed by atoms with van der Waals surface area (Å²) in [6.45, 7) is 4.99. The molecule has 4 nitrogen and oxygen atoms in total. The number of benzene rings is 1. The third-order valence-corrected chi connectivity index (χ3v) is 4.77. The van der Waals surface area contributed by atoms with E-state index in [1.165, 1.54) is 11.3 Å². The van der Waals surface area contributed by atoms with E-state index in [1.807, 2.05) is 24.3 Å². The van der Waals surface area contributed by atoms with Crippen molar-refractivity contribution in [1.29, 1.82) is 0 Å². The molecule has 1 aromatic heterocycles. The van der Waals surface area contributed by atoms with Crippen molar-refractivity contribution in [3.8, 4) is 11.3 Å². The first-order chi connectivity index (χ1) is 10.2. The van der Waals surface area contributed by atoms with Gasteiger partial charge in [0.15, 0.2) is 0 Å². The molecule has 3 rings (SSSR count). The molecular formula is C15H18ClN3OS. The predicted molar refractivity (Wildman–Crippen MR) is 88.1 cm³/mol. The van der Waals surface area contributed by atoms with Crippen LogP contribution < -0.4 is 10.2 Å². The molecule has 0 unspecified atom stereocenters. The summed E-state index contributed by atoms with van der Waals surface area (Å²) >= 11 is 7.24. The first kappa shape index (κ1) is 14.8. The van der Waals surface area contributed by atoms with Gasteiger partial charge >= 0.3 is 4.87 Å². The Hall–Kier alpha value is -1.14. The lowest BCUT2D eigenvalue weighted by Crippen LogP contribution is -2.27. The van der Waals surface area contributed by atoms with E-state index in [0.717, 1.165) is 55.3 Å². The minimum absolute atomic E-state index is 0.00268. The van der Waals surface area contributed by atoms with E-state index in [0.29, 0.717) is 5.02 Å². The van der Waals surface area contributed by atoms with Crippen LogP contribution >= 0.6 is 22.9 Å². The van der Waals surface area contributed by atoms with Gasteiger partial charge in [0.05, 0.1) is 5.69 Å². The van der Waals surface area contributed by atoms with Gasteiger partial charge in [0.25, 0.3) is 0 Å². The van der Waals surface area contributed by atoms with Crippen LogP contribution in [0.2, 0.25) is 5.02 Å². The van der Waals surface area contributed by atoms with Gasteiger partial charge in [0.1, 0.15) is 0 Å². The largest absolute Gasteiger partial charge is 0.315 e. The van der Waals surface area contributed by atoms with Crippen LogP contribution in [0.25, 0.3) is 11.3 Å². The van der Waals surface area contributed by atoms with Crippen molar-refractivity contribution in [2.75, 3.05) is 26.2 Å². The Morgan fingerprint density at radius 3 is 2.81 bits per heavy atom. The fourth-order valence-corrected chi connectivity index (χ4v) is 3.61. The summed E-state index contributed by atoms with van der Waals surface area (Å²) in [5, 5.41) is 4.10. The Bertz CT molecular complexity index is 642. The standard InChI is InChI=1S/C15H18ClN3OS/c16-12-4-2-11(3-5-12)14-13(21-15(20)18-14)10-19-8-1-6-17-7-9-19/h2-5,17H,1,6-10H2,(H,18,20). The highest BCUT2D eigenvalue weighted by molar-refractivity contribution is 7.09. The average molecular weight is 324 g/mol. The van der Waals surface area contributed by atoms with Crippen molar-refractivity contribution < 1.29 is 0 Å². The molecule has 21 heavy (non-hydrogen) atoms. The van der Waals surface area contributed by atoms with Gasteiger partial charge in [0, 0.05) is 29.5 Å². The first-order valence-electron chi connectivity index (χ1n) is 7.13. The number of rotatable bonds is 3. The number of aromatic nitrogens is 1. The Morgan fingerprint density at radius 2 is 2.00 bits per heavy atom. The van der Waals surface area contributed by atoms with Gasteiger partial charge < -0.3 is 10.3 Å². The van der Waals surface area contributed by atoms with Gasteiger partial charge in [-0.25, -0.2) is 0 Å². The monoisotopic (exact) mass is 323 g/mol. The first-order valence-corrected chi connectivity index (χ1v) is 8.33. The molecular weight excluding hydrogens is 306 g/mol. The molecule has 0 spiro atoms. The number of nitrogens with one attached hydrogen (secondary N) is 2. The van der Waals surface area contributed by atoms with Gasteiger partial charge in [-0.05, 0) is 37.2 Å². The Kier molecular flexibility index (Phi) is 4.75. The Balaban J connectivity index is 1.85. The van der Waals surface area contributed by atoms with Gasteiger partial charge in [-0.3, -0.25) is 9.69 Å². The summed E-state index contributed by atoms with van der Waals surface area (Å²) < 4.78 is 0. The number of hydrogen-bond donors (Lipinski definition) is 2. The second-order valence-electron chi connectivity index (χ2n) is 5.20. The van der Waals surface area contributed by atoms with Crippen molar-refractivity contribution in [2.45, 2.75) is 13.0 Å². The quantitative estimate of drug-likeness (QED) is 0.912. The SMILES string of the molecule is O=c1[nH]c(-c2ccc(Cl)cc2)c(CN2CCCNCC2)s1. The van der Waals surface area contributed by atoms with E-state index in [9.17, 15) is 4.79 Å². The van der Waals surface area contributed by atoms with Crippen molar-refractivity contribution >= 4 is 22.9 Å². The fourth-order valence-electron chi connectivity index (χ4n) is 2.58. The molecule has 2 heterocycles. The molecule has 0 amide bonds. The number of hydrogen-bond acceptors (Lipinski definition) is 4. The lowest BCUT2D eigenvalue weighted by molar-refractivity contribution is 0.287. The Morgan fingerprint density at radius 1 is 1.19 bits per heavy atom. The van der Waals surface area contributed by atoms with E-state index < -0.39 is 0 Å². The number of thiazole rings is 1. The summed E-state index contributed by atoms with van der Waals surface area (Å²) in [5.74, 6) is 0. The molecule has 1 fully saturated rings. The maximum absolute atomic E-state index is 11.8. The van der Waals surface area contributed by atoms with E-state index >= 15 is 0 Å². The molecule has 0 saturated carbocycles. The summed E-state index contributed by atoms with van der Waals surface area (Å²) in [6.07, 6.45) is 1.15. The lowest BCUT2D eigenvalue weighted by atomic mass is 10.1. The molecule has 2 aromatic rings. The van der Waals surface area contributed by atoms with E-state index in [4.69, 9.17) is 11.6 Å². The third-order valence-electron chi connectivity index (χ3n) is 3.65. The van der Waals surface area contributed by atoms with E-state index in [-0.39, 0.29) is 4.87 Å². The number of H-pyrrole nitrogens is 1.